The molecule has 0 aromatic carbocycles. The van der Waals surface area contributed by atoms with Gasteiger partial charge in [-0.2, -0.15) is 0 Å². The predicted octanol–water partition coefficient (Wildman–Crippen LogP) is 2.44. The third-order valence-electron chi connectivity index (χ3n) is 5.69. The highest BCUT2D eigenvalue weighted by Crippen LogP contribution is 2.37. The molecule has 25 heavy (non-hydrogen) atoms. The van der Waals surface area contributed by atoms with Crippen molar-refractivity contribution in [3.8, 4) is 0 Å². The van der Waals surface area contributed by atoms with Gasteiger partial charge in [0.1, 0.15) is 0 Å². The Bertz CT molecular complexity index is 581. The number of carbonyl (C=O) groups is 1. The average molecular weight is 345 g/mol. The van der Waals surface area contributed by atoms with Crippen molar-refractivity contribution in [1.82, 2.24) is 14.8 Å². The number of hydrogen-bond donors (Lipinski definition) is 0. The molecular weight excluding hydrogens is 318 g/mol. The second-order valence-corrected chi connectivity index (χ2v) is 7.42. The highest BCUT2D eigenvalue weighted by Gasteiger charge is 2.44. The Kier molecular flexibility index (Phi) is 4.90. The quantitative estimate of drug-likeness (QED) is 0.844. The number of likely N-dealkylation sites (tertiary alicyclic amines) is 2. The van der Waals surface area contributed by atoms with Crippen LogP contribution in [0.4, 0.5) is 4.79 Å². The highest BCUT2D eigenvalue weighted by molar-refractivity contribution is 5.74. The van der Waals surface area contributed by atoms with E-state index < -0.39 is 0 Å². The highest BCUT2D eigenvalue weighted by atomic mass is 16.6. The van der Waals surface area contributed by atoms with Gasteiger partial charge in [-0.1, -0.05) is 6.07 Å². The van der Waals surface area contributed by atoms with Crippen LogP contribution in [-0.2, 0) is 16.1 Å². The summed E-state index contributed by atoms with van der Waals surface area (Å²) in [6.45, 7) is 4.60. The van der Waals surface area contributed by atoms with Crippen LogP contribution in [0.3, 0.4) is 0 Å². The minimum absolute atomic E-state index is 0.101. The molecule has 0 radical (unpaired) electrons. The van der Waals surface area contributed by atoms with Crippen molar-refractivity contribution in [1.29, 1.82) is 0 Å². The first kappa shape index (κ1) is 16.8. The van der Waals surface area contributed by atoms with E-state index >= 15 is 0 Å². The zero-order valence-electron chi connectivity index (χ0n) is 14.7. The fraction of sp³-hybridized carbons (Fsp3) is 0.684. The lowest BCUT2D eigenvalue weighted by molar-refractivity contribution is -0.0405. The summed E-state index contributed by atoms with van der Waals surface area (Å²) < 4.78 is 12.1. The van der Waals surface area contributed by atoms with Crippen molar-refractivity contribution in [2.75, 3.05) is 32.8 Å². The van der Waals surface area contributed by atoms with Crippen LogP contribution in [0.1, 0.15) is 37.8 Å². The molecule has 4 heterocycles. The van der Waals surface area contributed by atoms with Crippen molar-refractivity contribution in [3.05, 3.63) is 30.1 Å². The summed E-state index contributed by atoms with van der Waals surface area (Å²) in [5, 5.41) is 0. The maximum Gasteiger partial charge on any atom is 0.320 e. The molecule has 1 aromatic heterocycles. The molecule has 4 rings (SSSR count). The van der Waals surface area contributed by atoms with Crippen molar-refractivity contribution in [3.63, 3.8) is 0 Å². The fourth-order valence-electron chi connectivity index (χ4n) is 4.16. The summed E-state index contributed by atoms with van der Waals surface area (Å²) in [6, 6.07) is 6.08. The molecule has 6 heteroatoms. The Balaban J connectivity index is 1.25. The number of hydrogen-bond acceptors (Lipinski definition) is 4. The number of pyridine rings is 1. The first-order valence-corrected chi connectivity index (χ1v) is 9.43. The van der Waals surface area contributed by atoms with E-state index in [2.05, 4.69) is 4.98 Å². The summed E-state index contributed by atoms with van der Waals surface area (Å²) in [4.78, 5) is 20.8. The number of rotatable bonds is 3. The van der Waals surface area contributed by atoms with E-state index in [0.29, 0.717) is 13.2 Å². The summed E-state index contributed by atoms with van der Waals surface area (Å²) in [7, 11) is 0. The first-order chi connectivity index (χ1) is 12.2. The van der Waals surface area contributed by atoms with E-state index in [4.69, 9.17) is 9.47 Å². The van der Waals surface area contributed by atoms with Gasteiger partial charge in [-0.15, -0.1) is 0 Å². The maximum atomic E-state index is 12.5. The van der Waals surface area contributed by atoms with Crippen LogP contribution in [0.15, 0.2) is 24.4 Å². The van der Waals surface area contributed by atoms with E-state index in [1.54, 1.807) is 6.20 Å². The number of amides is 2. The molecule has 3 aliphatic heterocycles. The minimum atomic E-state index is -0.101. The molecule has 136 valence electrons. The summed E-state index contributed by atoms with van der Waals surface area (Å²) >= 11 is 0. The normalized spacial score (nSPS) is 25.7. The van der Waals surface area contributed by atoms with Gasteiger partial charge in [-0.05, 0) is 37.8 Å². The molecule has 1 atom stereocenters. The molecule has 0 bridgehead atoms. The van der Waals surface area contributed by atoms with Gasteiger partial charge in [-0.3, -0.25) is 4.98 Å². The molecular formula is C19H27N3O3. The molecule has 0 unspecified atom stereocenters. The number of carbonyl (C=O) groups excluding carboxylic acids is 1. The van der Waals surface area contributed by atoms with Crippen molar-refractivity contribution in [2.24, 2.45) is 0 Å². The Morgan fingerprint density at radius 2 is 1.96 bits per heavy atom. The third-order valence-corrected chi connectivity index (χ3v) is 5.69. The Morgan fingerprint density at radius 3 is 2.68 bits per heavy atom. The van der Waals surface area contributed by atoms with Crippen LogP contribution in [-0.4, -0.2) is 65.3 Å². The number of urea groups is 1. The van der Waals surface area contributed by atoms with Crippen molar-refractivity contribution >= 4 is 6.03 Å². The Labute approximate surface area is 149 Å². The maximum absolute atomic E-state index is 12.5. The molecule has 0 saturated carbocycles. The topological polar surface area (TPSA) is 54.9 Å². The molecule has 1 aromatic rings. The lowest BCUT2D eigenvalue weighted by Gasteiger charge is -2.39. The molecule has 3 fully saturated rings. The zero-order chi connectivity index (χ0) is 17.1. The lowest BCUT2D eigenvalue weighted by atomic mass is 9.88. The van der Waals surface area contributed by atoms with Crippen LogP contribution in [0, 0.1) is 0 Å². The van der Waals surface area contributed by atoms with Gasteiger partial charge < -0.3 is 19.3 Å². The number of ether oxygens (including phenoxy) is 2. The van der Waals surface area contributed by atoms with Gasteiger partial charge >= 0.3 is 6.03 Å². The van der Waals surface area contributed by atoms with Gasteiger partial charge in [-0.25, -0.2) is 4.79 Å². The van der Waals surface area contributed by atoms with Crippen LogP contribution in [0.2, 0.25) is 0 Å². The second-order valence-electron chi connectivity index (χ2n) is 7.42. The molecule has 3 saturated heterocycles. The lowest BCUT2D eigenvalue weighted by Crippen LogP contribution is -2.50. The molecule has 2 amide bonds. The van der Waals surface area contributed by atoms with E-state index in [9.17, 15) is 4.79 Å². The van der Waals surface area contributed by atoms with E-state index in [0.717, 1.165) is 64.0 Å². The summed E-state index contributed by atoms with van der Waals surface area (Å²) in [5.41, 5.74) is 0.853. The first-order valence-electron chi connectivity index (χ1n) is 9.43. The smallest absolute Gasteiger partial charge is 0.320 e. The number of piperidine rings is 1. The second kappa shape index (κ2) is 7.30. The minimum Gasteiger partial charge on any atom is -0.372 e. The van der Waals surface area contributed by atoms with E-state index in [1.807, 2.05) is 28.0 Å². The Morgan fingerprint density at radius 1 is 1.20 bits per heavy atom. The van der Waals surface area contributed by atoms with Crippen LogP contribution in [0.5, 0.6) is 0 Å². The standard InChI is InChI=1S/C19H27N3O3/c23-18(21-9-3-4-10-21)22-11-6-19(7-12-22)13-17(15-25-19)24-14-16-5-1-2-8-20-16/h1-2,5,8,17H,3-4,6-7,9-15H2/t17-/m0/s1. The van der Waals surface area contributed by atoms with Crippen molar-refractivity contribution in [2.45, 2.75) is 50.4 Å². The number of nitrogens with zero attached hydrogens (tertiary/aromatic N) is 3. The van der Waals surface area contributed by atoms with Crippen LogP contribution >= 0.6 is 0 Å². The summed E-state index contributed by atoms with van der Waals surface area (Å²) in [6.07, 6.45) is 6.95. The van der Waals surface area contributed by atoms with Crippen molar-refractivity contribution < 1.29 is 14.3 Å². The predicted molar refractivity (Wildman–Crippen MR) is 93.1 cm³/mol. The molecule has 6 nitrogen and oxygen atoms in total. The molecule has 1 spiro atoms. The average Bonchev–Trinajstić information content (AvgIpc) is 3.32. The molecule has 0 N–H and O–H groups in total. The van der Waals surface area contributed by atoms with Gasteiger partial charge in [0, 0.05) is 38.8 Å². The Hall–Kier alpha value is -1.66. The SMILES string of the molecule is O=C(N1CCCC1)N1CCC2(CC1)C[C@H](OCc1ccccn1)CO2. The molecule has 3 aliphatic rings. The van der Waals surface area contributed by atoms with Crippen LogP contribution < -0.4 is 0 Å². The largest absolute Gasteiger partial charge is 0.372 e. The van der Waals surface area contributed by atoms with Gasteiger partial charge in [0.2, 0.25) is 0 Å². The summed E-state index contributed by atoms with van der Waals surface area (Å²) in [5.74, 6) is 0. The zero-order valence-corrected chi connectivity index (χ0v) is 14.7. The van der Waals surface area contributed by atoms with E-state index in [1.165, 1.54) is 0 Å². The van der Waals surface area contributed by atoms with Gasteiger partial charge in [0.15, 0.2) is 0 Å². The van der Waals surface area contributed by atoms with Gasteiger partial charge in [0.05, 0.1) is 30.6 Å². The fourth-order valence-corrected chi connectivity index (χ4v) is 4.16. The van der Waals surface area contributed by atoms with E-state index in [-0.39, 0.29) is 17.7 Å². The van der Waals surface area contributed by atoms with Gasteiger partial charge in [0.25, 0.3) is 0 Å². The monoisotopic (exact) mass is 345 g/mol. The van der Waals surface area contributed by atoms with Crippen LogP contribution in [0.25, 0.3) is 0 Å². The molecule has 0 aliphatic carbocycles. The number of aromatic nitrogens is 1. The third kappa shape index (κ3) is 3.80.